The molecule has 14 heavy (non-hydrogen) atoms. The summed E-state index contributed by atoms with van der Waals surface area (Å²) in [6.07, 6.45) is -0.468. The van der Waals surface area contributed by atoms with Gasteiger partial charge in [-0.25, -0.2) is 0 Å². The normalized spacial score (nSPS) is 13.0. The van der Waals surface area contributed by atoms with Crippen LogP contribution in [0.1, 0.15) is 6.92 Å². The van der Waals surface area contributed by atoms with E-state index in [9.17, 15) is 5.11 Å². The molecule has 1 rings (SSSR count). The van der Waals surface area contributed by atoms with E-state index in [1.165, 1.54) is 23.1 Å². The third kappa shape index (κ3) is 4.23. The molecule has 7 heteroatoms. The highest BCUT2D eigenvalue weighted by Crippen LogP contribution is 2.23. The van der Waals surface area contributed by atoms with E-state index < -0.39 is 6.10 Å². The molecular weight excluding hydrogens is 222 g/mol. The minimum absolute atomic E-state index is 0.359. The SMILES string of the molecule is CCOCC(O)CSc1nnc(N)s1. The van der Waals surface area contributed by atoms with Crippen LogP contribution in [0.25, 0.3) is 0 Å². The minimum atomic E-state index is -0.468. The average molecular weight is 235 g/mol. The van der Waals surface area contributed by atoms with E-state index in [0.717, 1.165) is 4.34 Å². The Morgan fingerprint density at radius 3 is 3.00 bits per heavy atom. The second-order valence-electron chi connectivity index (χ2n) is 2.53. The second-order valence-corrected chi connectivity index (χ2v) is 4.81. The van der Waals surface area contributed by atoms with E-state index in [0.29, 0.717) is 24.1 Å². The lowest BCUT2D eigenvalue weighted by Crippen LogP contribution is -2.17. The molecule has 0 amide bonds. The molecule has 5 nitrogen and oxygen atoms in total. The van der Waals surface area contributed by atoms with Crippen LogP contribution >= 0.6 is 23.1 Å². The molecule has 1 atom stereocenters. The summed E-state index contributed by atoms with van der Waals surface area (Å²) in [6, 6.07) is 0. The molecule has 0 aliphatic heterocycles. The first-order valence-electron chi connectivity index (χ1n) is 4.20. The fourth-order valence-corrected chi connectivity index (χ4v) is 2.32. The van der Waals surface area contributed by atoms with Crippen molar-refractivity contribution in [2.24, 2.45) is 0 Å². The number of ether oxygens (including phenoxy) is 1. The van der Waals surface area contributed by atoms with Crippen LogP contribution in [-0.2, 0) is 4.74 Å². The fraction of sp³-hybridized carbons (Fsp3) is 0.714. The Hall–Kier alpha value is -0.370. The van der Waals surface area contributed by atoms with Gasteiger partial charge < -0.3 is 15.6 Å². The van der Waals surface area contributed by atoms with E-state index in [2.05, 4.69) is 10.2 Å². The number of aromatic nitrogens is 2. The van der Waals surface area contributed by atoms with Gasteiger partial charge in [-0.15, -0.1) is 10.2 Å². The monoisotopic (exact) mass is 235 g/mol. The molecule has 0 aromatic carbocycles. The number of hydrogen-bond donors (Lipinski definition) is 2. The fourth-order valence-electron chi connectivity index (χ4n) is 0.748. The molecule has 1 aromatic rings. The van der Waals surface area contributed by atoms with Crippen LogP contribution in [0.15, 0.2) is 4.34 Å². The average Bonchev–Trinajstić information content (AvgIpc) is 2.58. The Bertz CT molecular complexity index is 269. The standard InChI is InChI=1S/C7H13N3O2S2/c1-2-12-3-5(11)4-13-7-10-9-6(8)14-7/h5,11H,2-4H2,1H3,(H2,8,9). The van der Waals surface area contributed by atoms with Gasteiger partial charge in [0.25, 0.3) is 0 Å². The molecular formula is C7H13N3O2S2. The van der Waals surface area contributed by atoms with Crippen LogP contribution in [0.2, 0.25) is 0 Å². The van der Waals surface area contributed by atoms with E-state index in [-0.39, 0.29) is 0 Å². The number of thioether (sulfide) groups is 1. The Labute approximate surface area is 90.7 Å². The van der Waals surface area contributed by atoms with Gasteiger partial charge in [-0.05, 0) is 6.92 Å². The molecule has 0 saturated carbocycles. The Balaban J connectivity index is 2.20. The smallest absolute Gasteiger partial charge is 0.203 e. The number of aliphatic hydroxyl groups is 1. The largest absolute Gasteiger partial charge is 0.390 e. The summed E-state index contributed by atoms with van der Waals surface area (Å²) in [5.41, 5.74) is 5.41. The lowest BCUT2D eigenvalue weighted by molar-refractivity contribution is 0.0551. The summed E-state index contributed by atoms with van der Waals surface area (Å²) in [5.74, 6) is 0.550. The van der Waals surface area contributed by atoms with Gasteiger partial charge in [0.05, 0.1) is 12.7 Å². The Kier molecular flexibility index (Phi) is 5.16. The van der Waals surface area contributed by atoms with Crippen LogP contribution in [0.4, 0.5) is 5.13 Å². The minimum Gasteiger partial charge on any atom is -0.390 e. The third-order valence-corrected chi connectivity index (χ3v) is 3.37. The maximum Gasteiger partial charge on any atom is 0.203 e. The predicted octanol–water partition coefficient (Wildman–Crippen LogP) is 0.610. The number of nitrogen functional groups attached to an aromatic ring is 1. The van der Waals surface area contributed by atoms with Crippen molar-refractivity contribution >= 4 is 28.2 Å². The summed E-state index contributed by atoms with van der Waals surface area (Å²) < 4.78 is 5.84. The van der Waals surface area contributed by atoms with Crippen molar-refractivity contribution < 1.29 is 9.84 Å². The van der Waals surface area contributed by atoms with Gasteiger partial charge in [0.15, 0.2) is 4.34 Å². The molecule has 1 aromatic heterocycles. The maximum absolute atomic E-state index is 9.43. The van der Waals surface area contributed by atoms with Gasteiger partial charge in [0.1, 0.15) is 0 Å². The molecule has 0 spiro atoms. The van der Waals surface area contributed by atoms with E-state index in [1.54, 1.807) is 0 Å². The maximum atomic E-state index is 9.43. The van der Waals surface area contributed by atoms with Crippen LogP contribution in [0, 0.1) is 0 Å². The Morgan fingerprint density at radius 2 is 2.43 bits per heavy atom. The third-order valence-electron chi connectivity index (χ3n) is 1.34. The number of anilines is 1. The topological polar surface area (TPSA) is 81.3 Å². The van der Waals surface area contributed by atoms with Gasteiger partial charge in [0.2, 0.25) is 5.13 Å². The summed E-state index contributed by atoms with van der Waals surface area (Å²) >= 11 is 2.75. The molecule has 0 radical (unpaired) electrons. The first kappa shape index (κ1) is 11.7. The van der Waals surface area contributed by atoms with Crippen molar-refractivity contribution in [3.8, 4) is 0 Å². The van der Waals surface area contributed by atoms with Crippen molar-refractivity contribution in [2.75, 3.05) is 24.7 Å². The first-order valence-corrected chi connectivity index (χ1v) is 6.00. The van der Waals surface area contributed by atoms with Gasteiger partial charge in [-0.3, -0.25) is 0 Å². The molecule has 80 valence electrons. The van der Waals surface area contributed by atoms with Crippen molar-refractivity contribution in [1.29, 1.82) is 0 Å². The number of nitrogens with two attached hydrogens (primary N) is 1. The van der Waals surface area contributed by atoms with Crippen LogP contribution in [-0.4, -0.2) is 40.4 Å². The van der Waals surface area contributed by atoms with Crippen LogP contribution in [0.3, 0.4) is 0 Å². The Morgan fingerprint density at radius 1 is 1.64 bits per heavy atom. The number of aliphatic hydroxyl groups excluding tert-OH is 1. The van der Waals surface area contributed by atoms with Crippen LogP contribution < -0.4 is 5.73 Å². The van der Waals surface area contributed by atoms with Gasteiger partial charge >= 0.3 is 0 Å². The molecule has 0 bridgehead atoms. The zero-order valence-electron chi connectivity index (χ0n) is 7.84. The lowest BCUT2D eigenvalue weighted by Gasteiger charge is -2.07. The van der Waals surface area contributed by atoms with Crippen molar-refractivity contribution in [3.05, 3.63) is 0 Å². The number of nitrogens with zero attached hydrogens (tertiary/aromatic N) is 2. The summed E-state index contributed by atoms with van der Waals surface area (Å²) in [5, 5.41) is 17.4. The number of rotatable bonds is 6. The lowest BCUT2D eigenvalue weighted by atomic mass is 10.4. The van der Waals surface area contributed by atoms with Crippen molar-refractivity contribution in [2.45, 2.75) is 17.4 Å². The molecule has 0 aliphatic carbocycles. The zero-order chi connectivity index (χ0) is 10.4. The first-order chi connectivity index (χ1) is 6.72. The van der Waals surface area contributed by atoms with E-state index >= 15 is 0 Å². The van der Waals surface area contributed by atoms with E-state index in [1.807, 2.05) is 6.92 Å². The molecule has 1 heterocycles. The zero-order valence-corrected chi connectivity index (χ0v) is 9.48. The van der Waals surface area contributed by atoms with E-state index in [4.69, 9.17) is 10.5 Å². The highest BCUT2D eigenvalue weighted by Gasteiger charge is 2.07. The summed E-state index contributed by atoms with van der Waals surface area (Å²) in [6.45, 7) is 2.87. The highest BCUT2D eigenvalue weighted by atomic mass is 32.2. The molecule has 3 N–H and O–H groups in total. The second kappa shape index (κ2) is 6.18. The quantitative estimate of drug-likeness (QED) is 0.703. The van der Waals surface area contributed by atoms with Crippen molar-refractivity contribution in [1.82, 2.24) is 10.2 Å². The van der Waals surface area contributed by atoms with Gasteiger partial charge in [0, 0.05) is 12.4 Å². The molecule has 1 unspecified atom stereocenters. The molecule has 0 aliphatic rings. The number of hydrogen-bond acceptors (Lipinski definition) is 7. The van der Waals surface area contributed by atoms with Crippen molar-refractivity contribution in [3.63, 3.8) is 0 Å². The predicted molar refractivity (Wildman–Crippen MR) is 57.5 cm³/mol. The van der Waals surface area contributed by atoms with Gasteiger partial charge in [-0.2, -0.15) is 0 Å². The summed E-state index contributed by atoms with van der Waals surface area (Å²) in [4.78, 5) is 0. The van der Waals surface area contributed by atoms with Crippen LogP contribution in [0.5, 0.6) is 0 Å². The highest BCUT2D eigenvalue weighted by molar-refractivity contribution is 8.01. The van der Waals surface area contributed by atoms with Gasteiger partial charge in [-0.1, -0.05) is 23.1 Å². The summed E-state index contributed by atoms with van der Waals surface area (Å²) in [7, 11) is 0. The molecule has 0 fully saturated rings. The molecule has 0 saturated heterocycles.